The molecule has 2 saturated carbocycles. The number of ether oxygens (including phenoxy) is 2. The van der Waals surface area contributed by atoms with Gasteiger partial charge in [0.15, 0.2) is 0 Å². The molecule has 3 fully saturated rings. The van der Waals surface area contributed by atoms with Crippen LogP contribution in [-0.4, -0.2) is 24.1 Å². The summed E-state index contributed by atoms with van der Waals surface area (Å²) in [5.74, 6) is 0.475. The van der Waals surface area contributed by atoms with E-state index >= 15 is 0 Å². The van der Waals surface area contributed by atoms with E-state index in [1.807, 2.05) is 6.92 Å². The molecule has 0 radical (unpaired) electrons. The fourth-order valence-electron chi connectivity index (χ4n) is 3.87. The zero-order valence-corrected chi connectivity index (χ0v) is 10.9. The van der Waals surface area contributed by atoms with E-state index in [0.717, 1.165) is 25.7 Å². The van der Waals surface area contributed by atoms with Crippen molar-refractivity contribution in [1.82, 2.24) is 0 Å². The van der Waals surface area contributed by atoms with E-state index in [2.05, 4.69) is 6.92 Å². The Morgan fingerprint density at radius 3 is 3.00 bits per heavy atom. The van der Waals surface area contributed by atoms with Crippen molar-refractivity contribution in [2.75, 3.05) is 0 Å². The van der Waals surface area contributed by atoms with Gasteiger partial charge in [0.2, 0.25) is 0 Å². The van der Waals surface area contributed by atoms with Crippen LogP contribution in [-0.2, 0) is 19.1 Å². The van der Waals surface area contributed by atoms with Crippen LogP contribution in [0.25, 0.3) is 0 Å². The molecule has 2 bridgehead atoms. The van der Waals surface area contributed by atoms with Gasteiger partial charge in [-0.2, -0.15) is 0 Å². The van der Waals surface area contributed by atoms with Crippen LogP contribution < -0.4 is 0 Å². The molecule has 6 atom stereocenters. The predicted octanol–water partition coefficient (Wildman–Crippen LogP) is 1.92. The summed E-state index contributed by atoms with van der Waals surface area (Å²) in [6.07, 6.45) is 3.34. The molecule has 4 heteroatoms. The SMILES string of the molecule is CCCC(C)C(=O)OC1C2CC3C(=O)OC1C3C2. The molecule has 2 aliphatic carbocycles. The lowest BCUT2D eigenvalue weighted by Crippen LogP contribution is -2.37. The van der Waals surface area contributed by atoms with Crippen molar-refractivity contribution < 1.29 is 19.1 Å². The van der Waals surface area contributed by atoms with Gasteiger partial charge in [-0.1, -0.05) is 20.3 Å². The molecule has 1 aliphatic heterocycles. The van der Waals surface area contributed by atoms with E-state index in [1.54, 1.807) is 0 Å². The molecule has 3 rings (SSSR count). The van der Waals surface area contributed by atoms with Crippen LogP contribution in [0.4, 0.5) is 0 Å². The summed E-state index contributed by atoms with van der Waals surface area (Å²) in [6, 6.07) is 0. The molecular formula is C14H20O4. The molecule has 6 unspecified atom stereocenters. The number of esters is 2. The van der Waals surface area contributed by atoms with Gasteiger partial charge < -0.3 is 9.47 Å². The van der Waals surface area contributed by atoms with Crippen molar-refractivity contribution in [3.8, 4) is 0 Å². The quantitative estimate of drug-likeness (QED) is 0.717. The molecule has 0 aromatic carbocycles. The van der Waals surface area contributed by atoms with Crippen LogP contribution in [0.15, 0.2) is 0 Å². The molecule has 4 nitrogen and oxygen atoms in total. The van der Waals surface area contributed by atoms with Crippen molar-refractivity contribution in [3.63, 3.8) is 0 Å². The van der Waals surface area contributed by atoms with E-state index in [0.29, 0.717) is 11.8 Å². The van der Waals surface area contributed by atoms with Gasteiger partial charge in [-0.15, -0.1) is 0 Å². The average Bonchev–Trinajstić information content (AvgIpc) is 2.93. The Balaban J connectivity index is 1.65. The largest absolute Gasteiger partial charge is 0.458 e. The number of hydrogen-bond donors (Lipinski definition) is 0. The van der Waals surface area contributed by atoms with Gasteiger partial charge in [-0.05, 0) is 19.3 Å². The highest BCUT2D eigenvalue weighted by atomic mass is 16.6. The third-order valence-electron chi connectivity index (χ3n) is 4.79. The van der Waals surface area contributed by atoms with Gasteiger partial charge in [-0.3, -0.25) is 9.59 Å². The molecule has 0 aromatic heterocycles. The number of rotatable bonds is 4. The fraction of sp³-hybridized carbons (Fsp3) is 0.857. The highest BCUT2D eigenvalue weighted by Crippen LogP contribution is 2.55. The third kappa shape index (κ3) is 1.65. The summed E-state index contributed by atoms with van der Waals surface area (Å²) in [4.78, 5) is 23.6. The minimum absolute atomic E-state index is 0.0537. The van der Waals surface area contributed by atoms with Crippen LogP contribution in [0.3, 0.4) is 0 Å². The average molecular weight is 252 g/mol. The zero-order chi connectivity index (χ0) is 12.9. The topological polar surface area (TPSA) is 52.6 Å². The number of carbonyl (C=O) groups excluding carboxylic acids is 2. The Kier molecular flexibility index (Phi) is 2.83. The molecular weight excluding hydrogens is 232 g/mol. The first-order chi connectivity index (χ1) is 8.61. The highest BCUT2D eigenvalue weighted by Gasteiger charge is 2.63. The van der Waals surface area contributed by atoms with Crippen molar-refractivity contribution in [2.24, 2.45) is 23.7 Å². The van der Waals surface area contributed by atoms with E-state index < -0.39 is 0 Å². The fourth-order valence-corrected chi connectivity index (χ4v) is 3.87. The van der Waals surface area contributed by atoms with Crippen LogP contribution in [0.5, 0.6) is 0 Å². The van der Waals surface area contributed by atoms with Crippen LogP contribution in [0, 0.1) is 23.7 Å². The minimum Gasteiger partial charge on any atom is -0.458 e. The van der Waals surface area contributed by atoms with E-state index in [-0.39, 0.29) is 36.0 Å². The number of fused-ring (bicyclic) bond motifs is 1. The molecule has 0 aromatic rings. The van der Waals surface area contributed by atoms with Crippen LogP contribution in [0.1, 0.15) is 39.5 Å². The first-order valence-corrected chi connectivity index (χ1v) is 7.02. The van der Waals surface area contributed by atoms with Crippen molar-refractivity contribution in [1.29, 1.82) is 0 Å². The van der Waals surface area contributed by atoms with Gasteiger partial charge in [0.05, 0.1) is 11.8 Å². The van der Waals surface area contributed by atoms with Gasteiger partial charge in [0.1, 0.15) is 12.2 Å². The van der Waals surface area contributed by atoms with Crippen molar-refractivity contribution in [3.05, 3.63) is 0 Å². The Hall–Kier alpha value is -1.06. The van der Waals surface area contributed by atoms with E-state index in [1.165, 1.54) is 0 Å². The minimum atomic E-state index is -0.176. The molecule has 0 spiro atoms. The Morgan fingerprint density at radius 1 is 1.50 bits per heavy atom. The predicted molar refractivity (Wildman–Crippen MR) is 63.5 cm³/mol. The molecule has 18 heavy (non-hydrogen) atoms. The molecule has 1 saturated heterocycles. The van der Waals surface area contributed by atoms with Crippen LogP contribution >= 0.6 is 0 Å². The van der Waals surface area contributed by atoms with E-state index in [4.69, 9.17) is 9.47 Å². The number of hydrogen-bond acceptors (Lipinski definition) is 4. The normalized spacial score (nSPS) is 41.9. The molecule has 1 heterocycles. The zero-order valence-electron chi connectivity index (χ0n) is 10.9. The first kappa shape index (κ1) is 12.0. The van der Waals surface area contributed by atoms with Crippen LogP contribution in [0.2, 0.25) is 0 Å². The lowest BCUT2D eigenvalue weighted by Gasteiger charge is -2.26. The maximum Gasteiger partial charge on any atom is 0.309 e. The molecule has 0 amide bonds. The van der Waals surface area contributed by atoms with Gasteiger partial charge in [0, 0.05) is 11.8 Å². The smallest absolute Gasteiger partial charge is 0.309 e. The summed E-state index contributed by atoms with van der Waals surface area (Å²) < 4.78 is 11.0. The molecule has 100 valence electrons. The maximum atomic E-state index is 12.0. The monoisotopic (exact) mass is 252 g/mol. The summed E-state index contributed by atoms with van der Waals surface area (Å²) in [7, 11) is 0. The summed E-state index contributed by atoms with van der Waals surface area (Å²) in [5.41, 5.74) is 0. The second-order valence-corrected chi connectivity index (χ2v) is 5.99. The highest BCUT2D eigenvalue weighted by molar-refractivity contribution is 5.77. The third-order valence-corrected chi connectivity index (χ3v) is 4.79. The Labute approximate surface area is 107 Å². The first-order valence-electron chi connectivity index (χ1n) is 7.02. The second kappa shape index (κ2) is 4.25. The van der Waals surface area contributed by atoms with Gasteiger partial charge in [0.25, 0.3) is 0 Å². The molecule has 3 aliphatic rings. The lowest BCUT2D eigenvalue weighted by molar-refractivity contribution is -0.165. The standard InChI is InChI=1S/C14H20O4/c1-3-4-7(2)13(15)17-11-8-5-9-10(6-8)14(16)18-12(9)11/h7-12H,3-6H2,1-2H3. The summed E-state index contributed by atoms with van der Waals surface area (Å²) in [5, 5.41) is 0. The van der Waals surface area contributed by atoms with Gasteiger partial charge in [-0.25, -0.2) is 0 Å². The number of carbonyl (C=O) groups is 2. The Bertz CT molecular complexity index is 378. The van der Waals surface area contributed by atoms with Crippen molar-refractivity contribution >= 4 is 11.9 Å². The summed E-state index contributed by atoms with van der Waals surface area (Å²) >= 11 is 0. The Morgan fingerprint density at radius 2 is 2.28 bits per heavy atom. The molecule has 0 N–H and O–H groups in total. The van der Waals surface area contributed by atoms with Crippen molar-refractivity contribution in [2.45, 2.75) is 51.7 Å². The lowest BCUT2D eigenvalue weighted by atomic mass is 9.88. The summed E-state index contributed by atoms with van der Waals surface area (Å²) in [6.45, 7) is 3.97. The van der Waals surface area contributed by atoms with Gasteiger partial charge >= 0.3 is 11.9 Å². The second-order valence-electron chi connectivity index (χ2n) is 5.99. The maximum absolute atomic E-state index is 12.0. The van der Waals surface area contributed by atoms with E-state index in [9.17, 15) is 9.59 Å².